The maximum Gasteiger partial charge on any atom is 0.181 e. The molecule has 0 fully saturated rings. The maximum absolute atomic E-state index is 5.36. The first-order valence-electron chi connectivity index (χ1n) is 6.08. The molecule has 2 aromatic heterocycles. The van der Waals surface area contributed by atoms with Crippen molar-refractivity contribution in [2.75, 3.05) is 6.54 Å². The molecule has 1 aliphatic heterocycles. The summed E-state index contributed by atoms with van der Waals surface area (Å²) in [6.45, 7) is 5.03. The lowest BCUT2D eigenvalue weighted by Crippen LogP contribution is -2.25. The minimum absolute atomic E-state index is 0.764. The van der Waals surface area contributed by atoms with Crippen molar-refractivity contribution in [3.63, 3.8) is 0 Å². The maximum atomic E-state index is 5.36. The normalized spacial score (nSPS) is 14.9. The van der Waals surface area contributed by atoms with Gasteiger partial charge in [0.1, 0.15) is 5.69 Å². The molecule has 0 saturated carbocycles. The number of hydrogen-bond acceptors (Lipinski definition) is 4. The van der Waals surface area contributed by atoms with Gasteiger partial charge in [0.15, 0.2) is 12.2 Å². The number of oxazole rings is 1. The molecule has 0 spiro atoms. The van der Waals surface area contributed by atoms with Gasteiger partial charge in [0.05, 0.1) is 6.20 Å². The fourth-order valence-corrected chi connectivity index (χ4v) is 2.35. The topological polar surface area (TPSA) is 55.9 Å². The molecule has 0 saturated heterocycles. The van der Waals surface area contributed by atoms with Crippen molar-refractivity contribution in [2.24, 2.45) is 0 Å². The predicted molar refractivity (Wildman–Crippen MR) is 63.4 cm³/mol. The van der Waals surface area contributed by atoms with Crippen LogP contribution >= 0.6 is 0 Å². The molecular weight excluding hydrogens is 216 g/mol. The first-order valence-corrected chi connectivity index (χ1v) is 6.08. The van der Waals surface area contributed by atoms with Gasteiger partial charge in [-0.25, -0.2) is 4.98 Å². The van der Waals surface area contributed by atoms with Crippen LogP contribution in [0.15, 0.2) is 17.0 Å². The molecule has 0 aromatic carbocycles. The molecule has 5 nitrogen and oxygen atoms in total. The molecule has 0 bridgehead atoms. The average molecular weight is 232 g/mol. The van der Waals surface area contributed by atoms with Crippen molar-refractivity contribution in [3.8, 4) is 11.5 Å². The fourth-order valence-electron chi connectivity index (χ4n) is 2.35. The highest BCUT2D eigenvalue weighted by atomic mass is 16.3. The molecular formula is C12H16N4O. The van der Waals surface area contributed by atoms with Crippen molar-refractivity contribution < 1.29 is 4.42 Å². The zero-order chi connectivity index (χ0) is 11.7. The number of aromatic nitrogens is 3. The molecule has 90 valence electrons. The standard InChI is InChI=1S/C12H16N4O/c1-2-5-16-10-3-4-13-6-9(10)12(15-16)11-7-14-8-17-11/h7-8,13H,2-6H2,1H3. The molecule has 0 unspecified atom stereocenters. The van der Waals surface area contributed by atoms with Gasteiger partial charge in [-0.05, 0) is 6.42 Å². The summed E-state index contributed by atoms with van der Waals surface area (Å²) in [5, 5.41) is 8.05. The van der Waals surface area contributed by atoms with E-state index in [4.69, 9.17) is 4.42 Å². The van der Waals surface area contributed by atoms with Crippen molar-refractivity contribution in [2.45, 2.75) is 32.9 Å². The fraction of sp³-hybridized carbons (Fsp3) is 0.500. The number of rotatable bonds is 3. The van der Waals surface area contributed by atoms with Gasteiger partial charge in [-0.2, -0.15) is 5.10 Å². The summed E-state index contributed by atoms with van der Waals surface area (Å²) < 4.78 is 7.48. The van der Waals surface area contributed by atoms with Gasteiger partial charge < -0.3 is 9.73 Å². The Morgan fingerprint density at radius 3 is 3.24 bits per heavy atom. The number of fused-ring (bicyclic) bond motifs is 1. The van der Waals surface area contributed by atoms with Crippen molar-refractivity contribution in [3.05, 3.63) is 23.8 Å². The Labute approximate surface area is 99.8 Å². The van der Waals surface area contributed by atoms with E-state index in [1.165, 1.54) is 17.7 Å². The summed E-state index contributed by atoms with van der Waals surface area (Å²) in [5.74, 6) is 0.764. The summed E-state index contributed by atoms with van der Waals surface area (Å²) in [6, 6.07) is 0. The SMILES string of the molecule is CCCn1nc(-c2cnco2)c2c1CCNC2. The van der Waals surface area contributed by atoms with Crippen molar-refractivity contribution in [1.82, 2.24) is 20.1 Å². The van der Waals surface area contributed by atoms with Gasteiger partial charge in [-0.15, -0.1) is 0 Å². The first kappa shape index (κ1) is 10.5. The Morgan fingerprint density at radius 1 is 1.53 bits per heavy atom. The quantitative estimate of drug-likeness (QED) is 0.873. The largest absolute Gasteiger partial charge is 0.442 e. The summed E-state index contributed by atoms with van der Waals surface area (Å²) >= 11 is 0. The van der Waals surface area contributed by atoms with Gasteiger partial charge in [0.25, 0.3) is 0 Å². The van der Waals surface area contributed by atoms with E-state index in [0.29, 0.717) is 0 Å². The summed E-state index contributed by atoms with van der Waals surface area (Å²) in [5.41, 5.74) is 3.55. The molecule has 3 heterocycles. The predicted octanol–water partition coefficient (Wildman–Crippen LogP) is 1.59. The number of nitrogens with zero attached hydrogens (tertiary/aromatic N) is 3. The van der Waals surface area contributed by atoms with Crippen LogP contribution in [0.25, 0.3) is 11.5 Å². The number of nitrogens with one attached hydrogen (secondary N) is 1. The van der Waals surface area contributed by atoms with Crippen LogP contribution in [0.1, 0.15) is 24.6 Å². The van der Waals surface area contributed by atoms with E-state index in [2.05, 4.69) is 27.0 Å². The first-order chi connectivity index (χ1) is 8.40. The lowest BCUT2D eigenvalue weighted by Gasteiger charge is -2.15. The average Bonchev–Trinajstić information content (AvgIpc) is 2.97. The minimum atomic E-state index is 0.764. The van der Waals surface area contributed by atoms with Gasteiger partial charge >= 0.3 is 0 Å². The molecule has 1 aliphatic rings. The highest BCUT2D eigenvalue weighted by Gasteiger charge is 2.22. The van der Waals surface area contributed by atoms with Crippen molar-refractivity contribution >= 4 is 0 Å². The molecule has 5 heteroatoms. The molecule has 1 N–H and O–H groups in total. The smallest absolute Gasteiger partial charge is 0.181 e. The van der Waals surface area contributed by atoms with E-state index in [0.717, 1.165) is 43.9 Å². The third kappa shape index (κ3) is 1.76. The lowest BCUT2D eigenvalue weighted by atomic mass is 10.1. The molecule has 0 atom stereocenters. The zero-order valence-corrected chi connectivity index (χ0v) is 9.94. The van der Waals surface area contributed by atoms with E-state index < -0.39 is 0 Å². The number of hydrogen-bond donors (Lipinski definition) is 1. The van der Waals surface area contributed by atoms with Crippen molar-refractivity contribution in [1.29, 1.82) is 0 Å². The third-order valence-corrected chi connectivity index (χ3v) is 3.11. The van der Waals surface area contributed by atoms with Crippen LogP contribution in [0.5, 0.6) is 0 Å². The molecule has 0 amide bonds. The summed E-state index contributed by atoms with van der Waals surface area (Å²) in [7, 11) is 0. The van der Waals surface area contributed by atoms with Gasteiger partial charge in [0, 0.05) is 37.3 Å². The van der Waals surface area contributed by atoms with Gasteiger partial charge in [-0.3, -0.25) is 4.68 Å². The van der Waals surface area contributed by atoms with Crippen LogP contribution < -0.4 is 5.32 Å². The van der Waals surface area contributed by atoms with Crippen LogP contribution in [0, 0.1) is 0 Å². The second kappa shape index (κ2) is 4.33. The Balaban J connectivity index is 2.09. The summed E-state index contributed by atoms with van der Waals surface area (Å²) in [6.07, 6.45) is 5.32. The second-order valence-electron chi connectivity index (χ2n) is 4.29. The molecule has 3 rings (SSSR count). The van der Waals surface area contributed by atoms with Crippen LogP contribution in [0.4, 0.5) is 0 Å². The van der Waals surface area contributed by atoms with E-state index in [1.54, 1.807) is 6.20 Å². The minimum Gasteiger partial charge on any atom is -0.442 e. The Kier molecular flexibility index (Phi) is 2.68. The van der Waals surface area contributed by atoms with E-state index in [1.807, 2.05) is 0 Å². The Bertz CT molecular complexity index is 501. The third-order valence-electron chi connectivity index (χ3n) is 3.11. The lowest BCUT2D eigenvalue weighted by molar-refractivity contribution is 0.542. The van der Waals surface area contributed by atoms with Gasteiger partial charge in [-0.1, -0.05) is 6.92 Å². The molecule has 17 heavy (non-hydrogen) atoms. The van der Waals surface area contributed by atoms with Crippen LogP contribution in [0.3, 0.4) is 0 Å². The molecule has 2 aromatic rings. The second-order valence-corrected chi connectivity index (χ2v) is 4.29. The van der Waals surface area contributed by atoms with E-state index in [9.17, 15) is 0 Å². The molecule has 0 radical (unpaired) electrons. The monoisotopic (exact) mass is 232 g/mol. The Hall–Kier alpha value is -1.62. The highest BCUT2D eigenvalue weighted by Crippen LogP contribution is 2.27. The van der Waals surface area contributed by atoms with Crippen LogP contribution in [-0.4, -0.2) is 21.3 Å². The highest BCUT2D eigenvalue weighted by molar-refractivity contribution is 5.58. The van der Waals surface area contributed by atoms with Crippen LogP contribution in [0.2, 0.25) is 0 Å². The number of aryl methyl sites for hydroxylation is 1. The van der Waals surface area contributed by atoms with E-state index >= 15 is 0 Å². The summed E-state index contributed by atoms with van der Waals surface area (Å²) in [4.78, 5) is 3.97. The van der Waals surface area contributed by atoms with Crippen LogP contribution in [-0.2, 0) is 19.5 Å². The van der Waals surface area contributed by atoms with E-state index in [-0.39, 0.29) is 0 Å². The Morgan fingerprint density at radius 2 is 2.47 bits per heavy atom. The van der Waals surface area contributed by atoms with Gasteiger partial charge in [0.2, 0.25) is 0 Å². The zero-order valence-electron chi connectivity index (χ0n) is 9.94. The molecule has 0 aliphatic carbocycles.